The lowest BCUT2D eigenvalue weighted by atomic mass is 9.98. The maximum absolute atomic E-state index is 15.0. The first-order valence-corrected chi connectivity index (χ1v) is 21.0. The molecule has 0 bridgehead atoms. The Morgan fingerprint density at radius 1 is 0.518 bits per heavy atom. The number of benzene rings is 2. The van der Waals surface area contributed by atoms with Crippen LogP contribution < -0.4 is 0 Å². The summed E-state index contributed by atoms with van der Waals surface area (Å²) in [6.07, 6.45) is -1.48. The van der Waals surface area contributed by atoms with Crippen molar-refractivity contribution in [2.75, 3.05) is 13.1 Å². The van der Waals surface area contributed by atoms with Gasteiger partial charge in [-0.2, -0.15) is 26.3 Å². The molecular weight excluding hydrogens is 767 g/mol. The van der Waals surface area contributed by atoms with Crippen molar-refractivity contribution < 1.29 is 35.9 Å². The van der Waals surface area contributed by atoms with E-state index in [0.717, 1.165) is 75.6 Å². The van der Waals surface area contributed by atoms with Gasteiger partial charge in [-0.25, -0.2) is 0 Å². The Balaban J connectivity index is 1.50. The van der Waals surface area contributed by atoms with Crippen LogP contribution in [-0.2, 0) is 21.9 Å². The topological polar surface area (TPSA) is 40.6 Å². The van der Waals surface area contributed by atoms with Crippen molar-refractivity contribution in [3.05, 3.63) is 105 Å². The van der Waals surface area contributed by atoms with Gasteiger partial charge >= 0.3 is 12.4 Å². The predicted molar refractivity (Wildman–Crippen MR) is 213 cm³/mol. The molecule has 4 heterocycles. The van der Waals surface area contributed by atoms with Crippen molar-refractivity contribution in [1.29, 1.82) is 0 Å². The molecule has 2 atom stereocenters. The summed E-state index contributed by atoms with van der Waals surface area (Å²) in [4.78, 5) is 36.2. The van der Waals surface area contributed by atoms with E-state index < -0.39 is 23.5 Å². The molecule has 2 aromatic heterocycles. The second-order valence-electron chi connectivity index (χ2n) is 14.6. The lowest BCUT2D eigenvalue weighted by Crippen LogP contribution is -2.34. The first-order chi connectivity index (χ1) is 26.7. The van der Waals surface area contributed by atoms with Crippen LogP contribution in [0.15, 0.2) is 83.9 Å². The third kappa shape index (κ3) is 8.56. The van der Waals surface area contributed by atoms with Crippen molar-refractivity contribution in [3.8, 4) is 20.9 Å². The fourth-order valence-corrected chi connectivity index (χ4v) is 9.64. The van der Waals surface area contributed by atoms with Gasteiger partial charge in [0.2, 0.25) is 0 Å². The molecule has 12 heteroatoms. The van der Waals surface area contributed by atoms with Gasteiger partial charge in [0, 0.05) is 22.8 Å². The van der Waals surface area contributed by atoms with Gasteiger partial charge in [0.1, 0.15) is 0 Å². The number of hydrogen-bond donors (Lipinski definition) is 0. The third-order valence-corrected chi connectivity index (χ3v) is 13.1. The van der Waals surface area contributed by atoms with Crippen LogP contribution in [0.5, 0.6) is 0 Å². The molecule has 2 aromatic carbocycles. The van der Waals surface area contributed by atoms with E-state index in [4.69, 9.17) is 0 Å². The van der Waals surface area contributed by atoms with Crippen LogP contribution in [0.3, 0.4) is 0 Å². The molecule has 0 aliphatic carbocycles. The minimum Gasteiger partial charge on any atom is -0.306 e. The number of hydrogen-bond acceptors (Lipinski definition) is 4. The van der Waals surface area contributed by atoms with Crippen molar-refractivity contribution in [1.82, 2.24) is 9.80 Å². The number of nitrogens with zero attached hydrogens (tertiary/aromatic N) is 2. The molecule has 2 unspecified atom stereocenters. The van der Waals surface area contributed by atoms with Crippen LogP contribution in [0.1, 0.15) is 99.9 Å². The van der Waals surface area contributed by atoms with E-state index in [2.05, 4.69) is 27.7 Å². The Kier molecular flexibility index (Phi) is 12.7. The zero-order chi connectivity index (χ0) is 40.4. The fraction of sp³-hybridized carbons (Fsp3) is 0.409. The SMILES string of the molecule is CCCCC(CC)CN1C(=O)C2=C(c3ccc(-c4ccc(C(F)(F)F)cc4)s3)N(CC(CC)CCCC)C(=O)C2=C1c1ccc(-c2ccc(C(F)(F)F)cc2)s1. The van der Waals surface area contributed by atoms with Gasteiger partial charge in [-0.3, -0.25) is 9.59 Å². The van der Waals surface area contributed by atoms with Crippen LogP contribution in [0.25, 0.3) is 32.3 Å². The number of amides is 2. The van der Waals surface area contributed by atoms with Crippen molar-refractivity contribution in [2.45, 2.75) is 91.4 Å². The molecule has 0 saturated carbocycles. The third-order valence-electron chi connectivity index (χ3n) is 10.8. The summed E-state index contributed by atoms with van der Waals surface area (Å²) in [6, 6.07) is 17.3. The molecule has 0 spiro atoms. The maximum Gasteiger partial charge on any atom is 0.416 e. The largest absolute Gasteiger partial charge is 0.416 e. The minimum atomic E-state index is -4.46. The zero-order valence-electron chi connectivity index (χ0n) is 31.9. The highest BCUT2D eigenvalue weighted by atomic mass is 32.1. The molecule has 0 fully saturated rings. The monoisotopic (exact) mass is 812 g/mol. The Bertz CT molecular complexity index is 1940. The minimum absolute atomic E-state index is 0.171. The zero-order valence-corrected chi connectivity index (χ0v) is 33.6. The van der Waals surface area contributed by atoms with Gasteiger partial charge in [0.15, 0.2) is 0 Å². The summed E-state index contributed by atoms with van der Waals surface area (Å²) in [6.45, 7) is 9.23. The Hall–Kier alpha value is -4.16. The van der Waals surface area contributed by atoms with Crippen molar-refractivity contribution >= 4 is 45.9 Å². The molecule has 4 aromatic rings. The second-order valence-corrected chi connectivity index (χ2v) is 16.8. The van der Waals surface area contributed by atoms with E-state index in [1.807, 2.05) is 24.3 Å². The highest BCUT2D eigenvalue weighted by Gasteiger charge is 2.50. The summed E-state index contributed by atoms with van der Waals surface area (Å²) in [5, 5.41) is 0. The van der Waals surface area contributed by atoms with E-state index in [1.54, 1.807) is 9.80 Å². The fourth-order valence-electron chi connectivity index (χ4n) is 7.50. The number of carbonyl (C=O) groups excluding carboxylic acids is 2. The maximum atomic E-state index is 15.0. The average Bonchev–Trinajstić information content (AvgIpc) is 3.97. The highest BCUT2D eigenvalue weighted by Crippen LogP contribution is 2.51. The molecule has 6 rings (SSSR count). The molecule has 0 radical (unpaired) electrons. The quantitative estimate of drug-likeness (QED) is 0.106. The van der Waals surface area contributed by atoms with E-state index in [1.165, 1.54) is 46.9 Å². The smallest absolute Gasteiger partial charge is 0.306 e. The molecule has 4 nitrogen and oxygen atoms in total. The van der Waals surface area contributed by atoms with Crippen LogP contribution >= 0.6 is 22.7 Å². The summed E-state index contributed by atoms with van der Waals surface area (Å²) in [7, 11) is 0. The van der Waals surface area contributed by atoms with Gasteiger partial charge in [-0.05, 0) is 84.3 Å². The lowest BCUT2D eigenvalue weighted by molar-refractivity contribution is -0.138. The van der Waals surface area contributed by atoms with E-state index >= 15 is 0 Å². The second kappa shape index (κ2) is 17.1. The number of carbonyl (C=O) groups is 2. The number of halogens is 6. The molecule has 2 amide bonds. The number of thiophene rings is 2. The van der Waals surface area contributed by atoms with Gasteiger partial charge in [-0.15, -0.1) is 22.7 Å². The summed E-state index contributed by atoms with van der Waals surface area (Å²) < 4.78 is 80.1. The van der Waals surface area contributed by atoms with E-state index in [-0.39, 0.29) is 23.7 Å². The van der Waals surface area contributed by atoms with Crippen molar-refractivity contribution in [3.63, 3.8) is 0 Å². The predicted octanol–water partition coefficient (Wildman–Crippen LogP) is 13.4. The van der Waals surface area contributed by atoms with Gasteiger partial charge in [-0.1, -0.05) is 90.5 Å². The number of alkyl halides is 6. The molecule has 2 aliphatic rings. The van der Waals surface area contributed by atoms with Gasteiger partial charge in [0.25, 0.3) is 11.8 Å². The Morgan fingerprint density at radius 2 is 0.857 bits per heavy atom. The molecular formula is C44H46F6N2O2S2. The van der Waals surface area contributed by atoms with Crippen LogP contribution in [0.4, 0.5) is 26.3 Å². The molecule has 0 N–H and O–H groups in total. The molecule has 0 saturated heterocycles. The molecule has 298 valence electrons. The lowest BCUT2D eigenvalue weighted by Gasteiger charge is -2.29. The normalized spacial score (nSPS) is 16.1. The van der Waals surface area contributed by atoms with Gasteiger partial charge in [0.05, 0.1) is 43.4 Å². The van der Waals surface area contributed by atoms with Crippen LogP contribution in [-0.4, -0.2) is 34.7 Å². The first-order valence-electron chi connectivity index (χ1n) is 19.4. The highest BCUT2D eigenvalue weighted by molar-refractivity contribution is 7.17. The summed E-state index contributed by atoms with van der Waals surface area (Å²) in [5.74, 6) is -0.202. The summed E-state index contributed by atoms with van der Waals surface area (Å²) >= 11 is 2.67. The van der Waals surface area contributed by atoms with E-state index in [9.17, 15) is 35.9 Å². The van der Waals surface area contributed by atoms with Gasteiger partial charge < -0.3 is 9.80 Å². The average molecular weight is 813 g/mol. The Labute approximate surface area is 332 Å². The number of rotatable bonds is 16. The number of fused-ring (bicyclic) bond motifs is 1. The molecule has 2 aliphatic heterocycles. The first kappa shape index (κ1) is 41.5. The molecule has 56 heavy (non-hydrogen) atoms. The summed E-state index contributed by atoms with van der Waals surface area (Å²) in [5.41, 5.74) is 1.40. The van der Waals surface area contributed by atoms with E-state index in [0.29, 0.717) is 66.3 Å². The van der Waals surface area contributed by atoms with Crippen molar-refractivity contribution in [2.24, 2.45) is 11.8 Å². The van der Waals surface area contributed by atoms with Crippen LogP contribution in [0, 0.1) is 11.8 Å². The standard InChI is InChI=1S/C44H46F6N2O2S2/c1-5-9-11-27(7-3)25-51-39(35-23-21-33(55-35)29-13-17-31(18-14-29)43(45,46)47)37-38(41(51)53)40(52(42(37)54)26-28(8-4)12-10-6-2)36-24-22-34(56-36)30-15-19-32(20-16-30)44(48,49)50/h13-24,27-28H,5-12,25-26H2,1-4H3. The van der Waals surface area contributed by atoms with Crippen LogP contribution in [0.2, 0.25) is 0 Å². The Morgan fingerprint density at radius 3 is 1.16 bits per heavy atom. The number of unbranched alkanes of at least 4 members (excludes halogenated alkanes) is 2.